The molecule has 13 heavy (non-hydrogen) atoms. The molecular formula is C11H20O2. The van der Waals surface area contributed by atoms with Gasteiger partial charge in [0.2, 0.25) is 0 Å². The van der Waals surface area contributed by atoms with Crippen molar-refractivity contribution in [3.63, 3.8) is 0 Å². The van der Waals surface area contributed by atoms with Crippen molar-refractivity contribution in [2.24, 2.45) is 5.92 Å². The smallest absolute Gasteiger partial charge is 0.143 e. The molecule has 0 saturated carbocycles. The van der Waals surface area contributed by atoms with Crippen LogP contribution in [0.15, 0.2) is 0 Å². The molecule has 0 aromatic carbocycles. The minimum absolute atomic E-state index is 0.0967. The zero-order valence-corrected chi connectivity index (χ0v) is 8.93. The molecule has 0 saturated heterocycles. The normalized spacial score (nSPS) is 10.5. The molecule has 0 atom stereocenters. The van der Waals surface area contributed by atoms with Gasteiger partial charge in [-0.25, -0.2) is 0 Å². The number of rotatable bonds is 7. The second-order valence-electron chi connectivity index (χ2n) is 3.45. The first-order chi connectivity index (χ1) is 6.15. The third kappa shape index (κ3) is 4.81. The number of hydrogen-bond acceptors (Lipinski definition) is 2. The summed E-state index contributed by atoms with van der Waals surface area (Å²) in [6, 6.07) is 0. The van der Waals surface area contributed by atoms with Crippen LogP contribution < -0.4 is 0 Å². The van der Waals surface area contributed by atoms with E-state index in [4.69, 9.17) is 0 Å². The van der Waals surface area contributed by atoms with Gasteiger partial charge in [-0.1, -0.05) is 20.8 Å². The summed E-state index contributed by atoms with van der Waals surface area (Å²) in [5, 5.41) is 0. The molecule has 0 aliphatic rings. The van der Waals surface area contributed by atoms with Crippen molar-refractivity contribution < 1.29 is 9.59 Å². The number of hydrogen-bond donors (Lipinski definition) is 0. The molecule has 0 aliphatic carbocycles. The van der Waals surface area contributed by atoms with E-state index in [1.165, 1.54) is 0 Å². The van der Waals surface area contributed by atoms with E-state index >= 15 is 0 Å². The molecule has 0 N–H and O–H groups in total. The minimum atomic E-state index is 0.0967. The highest BCUT2D eigenvalue weighted by Gasteiger charge is 2.16. The van der Waals surface area contributed by atoms with Gasteiger partial charge in [-0.15, -0.1) is 0 Å². The van der Waals surface area contributed by atoms with Gasteiger partial charge in [0.25, 0.3) is 0 Å². The van der Waals surface area contributed by atoms with E-state index in [0.29, 0.717) is 6.42 Å². The molecule has 0 rings (SSSR count). The molecule has 0 aromatic rings. The molecule has 0 aliphatic heterocycles. The molecular weight excluding hydrogens is 164 g/mol. The van der Waals surface area contributed by atoms with Crippen LogP contribution >= 0.6 is 0 Å². The highest BCUT2D eigenvalue weighted by molar-refractivity contribution is 5.99. The average Bonchev–Trinajstić information content (AvgIpc) is 2.06. The number of ketones is 2. The van der Waals surface area contributed by atoms with E-state index in [1.807, 2.05) is 20.8 Å². The Balaban J connectivity index is 3.90. The first-order valence-electron chi connectivity index (χ1n) is 5.20. The molecule has 0 fully saturated rings. The van der Waals surface area contributed by atoms with E-state index in [-0.39, 0.29) is 23.9 Å². The summed E-state index contributed by atoms with van der Waals surface area (Å²) in [4.78, 5) is 22.6. The molecule has 0 bridgehead atoms. The van der Waals surface area contributed by atoms with Crippen LogP contribution in [-0.2, 0) is 9.59 Å². The Morgan fingerprint density at radius 1 is 1.08 bits per heavy atom. The Morgan fingerprint density at radius 3 is 2.00 bits per heavy atom. The van der Waals surface area contributed by atoms with Crippen LogP contribution in [0.3, 0.4) is 0 Å². The van der Waals surface area contributed by atoms with Gasteiger partial charge in [0.1, 0.15) is 11.6 Å². The molecule has 0 unspecified atom stereocenters. The van der Waals surface area contributed by atoms with E-state index in [9.17, 15) is 9.59 Å². The Bertz CT molecular complexity index is 169. The summed E-state index contributed by atoms with van der Waals surface area (Å²) in [7, 11) is 0. The van der Waals surface area contributed by atoms with Crippen molar-refractivity contribution >= 4 is 11.6 Å². The van der Waals surface area contributed by atoms with E-state index in [2.05, 4.69) is 0 Å². The lowest BCUT2D eigenvalue weighted by Gasteiger charge is -2.09. The fourth-order valence-electron chi connectivity index (χ4n) is 1.45. The van der Waals surface area contributed by atoms with Crippen LogP contribution in [0.4, 0.5) is 0 Å². The largest absolute Gasteiger partial charge is 0.299 e. The maximum atomic E-state index is 11.5. The third-order valence-electron chi connectivity index (χ3n) is 2.34. The number of Topliss-reactive ketones (excluding diaryl/α,β-unsaturated/α-hetero) is 2. The Kier molecular flexibility index (Phi) is 6.47. The Morgan fingerprint density at radius 2 is 1.62 bits per heavy atom. The molecule has 0 aromatic heterocycles. The van der Waals surface area contributed by atoms with Crippen molar-refractivity contribution in [2.45, 2.75) is 52.9 Å². The fourth-order valence-corrected chi connectivity index (χ4v) is 1.45. The van der Waals surface area contributed by atoms with Crippen molar-refractivity contribution in [1.82, 2.24) is 0 Å². The van der Waals surface area contributed by atoms with Crippen molar-refractivity contribution in [1.29, 1.82) is 0 Å². The second kappa shape index (κ2) is 6.81. The fraction of sp³-hybridized carbons (Fsp3) is 0.818. The van der Waals surface area contributed by atoms with Gasteiger partial charge >= 0.3 is 0 Å². The predicted molar refractivity (Wildman–Crippen MR) is 53.6 cm³/mol. The summed E-state index contributed by atoms with van der Waals surface area (Å²) in [6.45, 7) is 5.95. The van der Waals surface area contributed by atoms with Crippen molar-refractivity contribution in [2.75, 3.05) is 0 Å². The quantitative estimate of drug-likeness (QED) is 0.570. The zero-order chi connectivity index (χ0) is 10.3. The van der Waals surface area contributed by atoms with Gasteiger partial charge < -0.3 is 0 Å². The van der Waals surface area contributed by atoms with Gasteiger partial charge in [-0.3, -0.25) is 9.59 Å². The van der Waals surface area contributed by atoms with Gasteiger partial charge in [-0.05, 0) is 19.3 Å². The average molecular weight is 184 g/mol. The van der Waals surface area contributed by atoms with Crippen LogP contribution in [-0.4, -0.2) is 11.6 Å². The Hall–Kier alpha value is -0.660. The summed E-state index contributed by atoms with van der Waals surface area (Å²) >= 11 is 0. The highest BCUT2D eigenvalue weighted by Crippen LogP contribution is 2.12. The molecule has 0 radical (unpaired) electrons. The van der Waals surface area contributed by atoms with Crippen LogP contribution in [0, 0.1) is 5.92 Å². The SMILES string of the molecule is CCCC(=O)CC(=O)C(CC)CC. The van der Waals surface area contributed by atoms with E-state index in [1.54, 1.807) is 0 Å². The lowest BCUT2D eigenvalue weighted by Crippen LogP contribution is -2.16. The maximum Gasteiger partial charge on any atom is 0.143 e. The van der Waals surface area contributed by atoms with E-state index < -0.39 is 0 Å². The van der Waals surface area contributed by atoms with Gasteiger partial charge in [0.15, 0.2) is 0 Å². The Labute approximate surface area is 80.7 Å². The lowest BCUT2D eigenvalue weighted by molar-refractivity contribution is -0.129. The monoisotopic (exact) mass is 184 g/mol. The summed E-state index contributed by atoms with van der Waals surface area (Å²) in [5.41, 5.74) is 0. The summed E-state index contributed by atoms with van der Waals surface area (Å²) in [5.74, 6) is 0.323. The summed E-state index contributed by atoms with van der Waals surface area (Å²) < 4.78 is 0. The standard InChI is InChI=1S/C11H20O2/c1-4-7-10(12)8-11(13)9(5-2)6-3/h9H,4-8H2,1-3H3. The maximum absolute atomic E-state index is 11.5. The van der Waals surface area contributed by atoms with Crippen LogP contribution in [0.5, 0.6) is 0 Å². The first kappa shape index (κ1) is 12.3. The van der Waals surface area contributed by atoms with Gasteiger partial charge in [0, 0.05) is 12.3 Å². The third-order valence-corrected chi connectivity index (χ3v) is 2.34. The molecule has 76 valence electrons. The lowest BCUT2D eigenvalue weighted by atomic mass is 9.94. The predicted octanol–water partition coefficient (Wildman–Crippen LogP) is 2.75. The first-order valence-corrected chi connectivity index (χ1v) is 5.20. The van der Waals surface area contributed by atoms with Crippen LogP contribution in [0.1, 0.15) is 52.9 Å². The molecule has 0 amide bonds. The van der Waals surface area contributed by atoms with Crippen LogP contribution in [0.2, 0.25) is 0 Å². The number of carbonyl (C=O) groups excluding carboxylic acids is 2. The molecule has 2 heteroatoms. The van der Waals surface area contributed by atoms with Gasteiger partial charge in [0.05, 0.1) is 6.42 Å². The molecule has 2 nitrogen and oxygen atoms in total. The van der Waals surface area contributed by atoms with Crippen molar-refractivity contribution in [3.8, 4) is 0 Å². The van der Waals surface area contributed by atoms with Gasteiger partial charge in [-0.2, -0.15) is 0 Å². The summed E-state index contributed by atoms with van der Waals surface area (Å²) in [6.07, 6.45) is 3.25. The van der Waals surface area contributed by atoms with Crippen LogP contribution in [0.25, 0.3) is 0 Å². The zero-order valence-electron chi connectivity index (χ0n) is 8.93. The number of carbonyl (C=O) groups is 2. The van der Waals surface area contributed by atoms with Crippen molar-refractivity contribution in [3.05, 3.63) is 0 Å². The highest BCUT2D eigenvalue weighted by atomic mass is 16.1. The second-order valence-corrected chi connectivity index (χ2v) is 3.45. The van der Waals surface area contributed by atoms with E-state index in [0.717, 1.165) is 19.3 Å². The minimum Gasteiger partial charge on any atom is -0.299 e. The molecule has 0 spiro atoms. The topological polar surface area (TPSA) is 34.1 Å². The molecule has 0 heterocycles.